The van der Waals surface area contributed by atoms with Gasteiger partial charge in [-0.15, -0.1) is 0 Å². The van der Waals surface area contributed by atoms with Gasteiger partial charge >= 0.3 is 0 Å². The molecule has 1 fully saturated rings. The monoisotopic (exact) mass is 251 g/mol. The maximum absolute atomic E-state index is 13.3. The fraction of sp³-hybridized carbons (Fsp3) is 0.600. The SMILES string of the molecule is CCC(N)Cc1cc(F)ccc1OC1CCCC1. The van der Waals surface area contributed by atoms with Gasteiger partial charge in [0, 0.05) is 6.04 Å². The Balaban J connectivity index is 2.11. The Labute approximate surface area is 108 Å². The van der Waals surface area contributed by atoms with E-state index in [-0.39, 0.29) is 11.9 Å². The fourth-order valence-corrected chi connectivity index (χ4v) is 2.44. The van der Waals surface area contributed by atoms with Crippen LogP contribution in [0.2, 0.25) is 0 Å². The predicted octanol–water partition coefficient (Wildman–Crippen LogP) is 3.43. The molecule has 0 amide bonds. The predicted molar refractivity (Wildman–Crippen MR) is 71.3 cm³/mol. The molecule has 0 aromatic heterocycles. The van der Waals surface area contributed by atoms with Gasteiger partial charge in [-0.2, -0.15) is 0 Å². The average Bonchev–Trinajstić information content (AvgIpc) is 2.85. The van der Waals surface area contributed by atoms with Crippen molar-refractivity contribution in [3.63, 3.8) is 0 Å². The van der Waals surface area contributed by atoms with E-state index in [0.29, 0.717) is 12.5 Å². The van der Waals surface area contributed by atoms with Crippen molar-refractivity contribution in [3.8, 4) is 5.75 Å². The lowest BCUT2D eigenvalue weighted by atomic mass is 10.0. The molecule has 1 saturated carbocycles. The van der Waals surface area contributed by atoms with Crippen molar-refractivity contribution in [2.45, 2.75) is 57.6 Å². The zero-order valence-electron chi connectivity index (χ0n) is 11.0. The van der Waals surface area contributed by atoms with Crippen molar-refractivity contribution < 1.29 is 9.13 Å². The number of hydrogen-bond acceptors (Lipinski definition) is 2. The minimum atomic E-state index is -0.216. The third-order valence-electron chi connectivity index (χ3n) is 3.62. The van der Waals surface area contributed by atoms with Gasteiger partial charge in [0.15, 0.2) is 0 Å². The maximum Gasteiger partial charge on any atom is 0.123 e. The zero-order chi connectivity index (χ0) is 13.0. The summed E-state index contributed by atoms with van der Waals surface area (Å²) in [6.07, 6.45) is 6.54. The summed E-state index contributed by atoms with van der Waals surface area (Å²) in [4.78, 5) is 0. The molecule has 0 heterocycles. The van der Waals surface area contributed by atoms with Gasteiger partial charge in [-0.25, -0.2) is 4.39 Å². The average molecular weight is 251 g/mol. The summed E-state index contributed by atoms with van der Waals surface area (Å²) in [5, 5.41) is 0. The molecule has 2 N–H and O–H groups in total. The number of benzene rings is 1. The molecule has 0 bridgehead atoms. The van der Waals surface area contributed by atoms with Gasteiger partial charge < -0.3 is 10.5 Å². The van der Waals surface area contributed by atoms with Crippen LogP contribution in [0.4, 0.5) is 4.39 Å². The first-order chi connectivity index (χ1) is 8.69. The molecule has 1 unspecified atom stereocenters. The summed E-state index contributed by atoms with van der Waals surface area (Å²) in [7, 11) is 0. The molecule has 0 aliphatic heterocycles. The number of halogens is 1. The van der Waals surface area contributed by atoms with Crippen molar-refractivity contribution in [1.29, 1.82) is 0 Å². The third kappa shape index (κ3) is 3.45. The van der Waals surface area contributed by atoms with E-state index in [1.165, 1.54) is 18.9 Å². The fourth-order valence-electron chi connectivity index (χ4n) is 2.44. The molecule has 3 heteroatoms. The molecular formula is C15H22FNO. The van der Waals surface area contributed by atoms with E-state index in [2.05, 4.69) is 0 Å². The van der Waals surface area contributed by atoms with Crippen LogP contribution in [0.3, 0.4) is 0 Å². The molecule has 0 saturated heterocycles. The Morgan fingerprint density at radius 2 is 2.11 bits per heavy atom. The molecule has 1 atom stereocenters. The van der Waals surface area contributed by atoms with Gasteiger partial charge in [0.25, 0.3) is 0 Å². The molecule has 1 aromatic carbocycles. The van der Waals surface area contributed by atoms with Crippen LogP contribution >= 0.6 is 0 Å². The van der Waals surface area contributed by atoms with Crippen LogP contribution in [-0.4, -0.2) is 12.1 Å². The first kappa shape index (κ1) is 13.3. The van der Waals surface area contributed by atoms with E-state index in [1.54, 1.807) is 12.1 Å². The molecule has 1 aliphatic carbocycles. The number of rotatable bonds is 5. The van der Waals surface area contributed by atoms with Gasteiger partial charge in [0.1, 0.15) is 11.6 Å². The minimum absolute atomic E-state index is 0.0673. The molecular weight excluding hydrogens is 229 g/mol. The van der Waals surface area contributed by atoms with Crippen molar-refractivity contribution in [3.05, 3.63) is 29.6 Å². The molecule has 18 heavy (non-hydrogen) atoms. The first-order valence-electron chi connectivity index (χ1n) is 6.89. The van der Waals surface area contributed by atoms with Gasteiger partial charge in [-0.1, -0.05) is 6.92 Å². The highest BCUT2D eigenvalue weighted by Crippen LogP contribution is 2.28. The summed E-state index contributed by atoms with van der Waals surface area (Å²) in [5.74, 6) is 0.597. The molecule has 100 valence electrons. The number of ether oxygens (including phenoxy) is 1. The van der Waals surface area contributed by atoms with Gasteiger partial charge in [0.05, 0.1) is 6.10 Å². The summed E-state index contributed by atoms with van der Waals surface area (Å²) < 4.78 is 19.3. The third-order valence-corrected chi connectivity index (χ3v) is 3.62. The normalized spacial score (nSPS) is 17.9. The van der Waals surface area contributed by atoms with Gasteiger partial charge in [0.2, 0.25) is 0 Å². The molecule has 2 rings (SSSR count). The van der Waals surface area contributed by atoms with E-state index in [0.717, 1.165) is 30.6 Å². The largest absolute Gasteiger partial charge is 0.490 e. The van der Waals surface area contributed by atoms with Gasteiger partial charge in [-0.3, -0.25) is 0 Å². The van der Waals surface area contributed by atoms with Crippen LogP contribution < -0.4 is 10.5 Å². The lowest BCUT2D eigenvalue weighted by Crippen LogP contribution is -2.22. The van der Waals surface area contributed by atoms with Crippen molar-refractivity contribution in [2.24, 2.45) is 5.73 Å². The Morgan fingerprint density at radius 3 is 2.78 bits per heavy atom. The smallest absolute Gasteiger partial charge is 0.123 e. The minimum Gasteiger partial charge on any atom is -0.490 e. The molecule has 1 aliphatic rings. The number of nitrogens with two attached hydrogens (primary N) is 1. The van der Waals surface area contributed by atoms with E-state index in [9.17, 15) is 4.39 Å². The van der Waals surface area contributed by atoms with Crippen LogP contribution in [0.25, 0.3) is 0 Å². The highest BCUT2D eigenvalue weighted by molar-refractivity contribution is 5.35. The van der Waals surface area contributed by atoms with Crippen molar-refractivity contribution in [2.75, 3.05) is 0 Å². The highest BCUT2D eigenvalue weighted by atomic mass is 19.1. The Kier molecular flexibility index (Phi) is 4.59. The summed E-state index contributed by atoms with van der Waals surface area (Å²) in [6.45, 7) is 2.04. The molecule has 0 radical (unpaired) electrons. The Bertz CT molecular complexity index is 388. The second-order valence-corrected chi connectivity index (χ2v) is 5.15. The van der Waals surface area contributed by atoms with Crippen molar-refractivity contribution in [1.82, 2.24) is 0 Å². The second kappa shape index (κ2) is 6.19. The van der Waals surface area contributed by atoms with E-state index in [4.69, 9.17) is 10.5 Å². The summed E-state index contributed by atoms with van der Waals surface area (Å²) in [5.41, 5.74) is 6.85. The quantitative estimate of drug-likeness (QED) is 0.870. The van der Waals surface area contributed by atoms with Crippen LogP contribution in [0.5, 0.6) is 5.75 Å². The summed E-state index contributed by atoms with van der Waals surface area (Å²) in [6, 6.07) is 4.83. The first-order valence-corrected chi connectivity index (χ1v) is 6.89. The zero-order valence-corrected chi connectivity index (χ0v) is 11.0. The van der Waals surface area contributed by atoms with E-state index < -0.39 is 0 Å². The molecule has 0 spiro atoms. The van der Waals surface area contributed by atoms with Crippen molar-refractivity contribution >= 4 is 0 Å². The number of hydrogen-bond donors (Lipinski definition) is 1. The van der Waals surface area contributed by atoms with Crippen LogP contribution in [0.1, 0.15) is 44.6 Å². The maximum atomic E-state index is 13.3. The van der Waals surface area contributed by atoms with Crippen LogP contribution in [0.15, 0.2) is 18.2 Å². The van der Waals surface area contributed by atoms with E-state index in [1.807, 2.05) is 6.92 Å². The Hall–Kier alpha value is -1.09. The van der Waals surface area contributed by atoms with Crippen LogP contribution in [-0.2, 0) is 6.42 Å². The molecule has 1 aromatic rings. The lowest BCUT2D eigenvalue weighted by Gasteiger charge is -2.18. The standard InChI is InChI=1S/C15H22FNO/c1-2-13(17)10-11-9-12(16)7-8-15(11)18-14-5-3-4-6-14/h7-9,13-14H,2-6,10,17H2,1H3. The van der Waals surface area contributed by atoms with Gasteiger partial charge in [-0.05, 0) is 62.3 Å². The lowest BCUT2D eigenvalue weighted by molar-refractivity contribution is 0.207. The topological polar surface area (TPSA) is 35.2 Å². The second-order valence-electron chi connectivity index (χ2n) is 5.15. The van der Waals surface area contributed by atoms with E-state index >= 15 is 0 Å². The Morgan fingerprint density at radius 1 is 1.39 bits per heavy atom. The highest BCUT2D eigenvalue weighted by Gasteiger charge is 2.18. The summed E-state index contributed by atoms with van der Waals surface area (Å²) >= 11 is 0. The van der Waals surface area contributed by atoms with Crippen LogP contribution in [0, 0.1) is 5.82 Å². The molecule has 2 nitrogen and oxygen atoms in total.